The van der Waals surface area contributed by atoms with Gasteiger partial charge in [0.25, 0.3) is 0 Å². The number of anilines is 1. The molecule has 0 saturated heterocycles. The van der Waals surface area contributed by atoms with Gasteiger partial charge in [0.05, 0.1) is 5.02 Å². The smallest absolute Gasteiger partial charge is 0.242 e. The van der Waals surface area contributed by atoms with Crippen molar-refractivity contribution in [1.29, 1.82) is 0 Å². The number of pyridine rings is 1. The Morgan fingerprint density at radius 2 is 2.25 bits per heavy atom. The van der Waals surface area contributed by atoms with Gasteiger partial charge in [-0.05, 0) is 24.4 Å². The van der Waals surface area contributed by atoms with E-state index in [2.05, 4.69) is 15.0 Å². The number of thiophene rings is 1. The van der Waals surface area contributed by atoms with Gasteiger partial charge in [-0.1, -0.05) is 17.7 Å². The van der Waals surface area contributed by atoms with Crippen molar-refractivity contribution in [3.05, 3.63) is 39.7 Å². The Kier molecular flexibility index (Phi) is 4.98. The summed E-state index contributed by atoms with van der Waals surface area (Å²) in [5, 5.41) is 5.13. The van der Waals surface area contributed by atoms with Crippen molar-refractivity contribution >= 4 is 38.8 Å². The standard InChI is InChI=1S/C12H14ClN3O2S2/c1-2-14-12-11(13)6-10(8-15-12)20(17,18)16-7-9-4-3-5-19-9/h3-6,8,16H,2,7H2,1H3,(H,14,15). The molecular weight excluding hydrogens is 318 g/mol. The number of rotatable bonds is 6. The third-order valence-electron chi connectivity index (χ3n) is 2.49. The molecule has 0 spiro atoms. The Balaban J connectivity index is 2.14. The minimum atomic E-state index is -3.61. The lowest BCUT2D eigenvalue weighted by atomic mass is 10.4. The Morgan fingerprint density at radius 3 is 2.85 bits per heavy atom. The Morgan fingerprint density at radius 1 is 1.45 bits per heavy atom. The molecule has 0 aliphatic carbocycles. The Labute approximate surface area is 127 Å². The summed E-state index contributed by atoms with van der Waals surface area (Å²) >= 11 is 7.49. The summed E-state index contributed by atoms with van der Waals surface area (Å²) in [7, 11) is -3.61. The molecule has 0 radical (unpaired) electrons. The van der Waals surface area contributed by atoms with Crippen molar-refractivity contribution in [1.82, 2.24) is 9.71 Å². The van der Waals surface area contributed by atoms with E-state index in [4.69, 9.17) is 11.6 Å². The quantitative estimate of drug-likeness (QED) is 0.853. The lowest BCUT2D eigenvalue weighted by Crippen LogP contribution is -2.23. The summed E-state index contributed by atoms with van der Waals surface area (Å²) in [6.45, 7) is 2.83. The van der Waals surface area contributed by atoms with Crippen molar-refractivity contribution in [3.8, 4) is 0 Å². The first kappa shape index (κ1) is 15.2. The van der Waals surface area contributed by atoms with Crippen LogP contribution < -0.4 is 10.0 Å². The van der Waals surface area contributed by atoms with E-state index in [-0.39, 0.29) is 16.5 Å². The molecule has 2 heterocycles. The number of hydrogen-bond donors (Lipinski definition) is 2. The molecule has 108 valence electrons. The fraction of sp³-hybridized carbons (Fsp3) is 0.250. The van der Waals surface area contributed by atoms with E-state index in [1.807, 2.05) is 24.4 Å². The number of sulfonamides is 1. The van der Waals surface area contributed by atoms with Crippen LogP contribution in [-0.4, -0.2) is 19.9 Å². The van der Waals surface area contributed by atoms with Crippen LogP contribution in [0.2, 0.25) is 5.02 Å². The molecule has 0 amide bonds. The van der Waals surface area contributed by atoms with Crippen molar-refractivity contribution in [2.24, 2.45) is 0 Å². The zero-order chi connectivity index (χ0) is 14.6. The molecule has 0 saturated carbocycles. The van der Waals surface area contributed by atoms with Crippen LogP contribution in [0, 0.1) is 0 Å². The van der Waals surface area contributed by atoms with Crippen molar-refractivity contribution < 1.29 is 8.42 Å². The summed E-state index contributed by atoms with van der Waals surface area (Å²) < 4.78 is 26.8. The maximum atomic E-state index is 12.1. The molecule has 2 aromatic heterocycles. The topological polar surface area (TPSA) is 71.1 Å². The number of hydrogen-bond acceptors (Lipinski definition) is 5. The highest BCUT2D eigenvalue weighted by Crippen LogP contribution is 2.22. The molecule has 5 nitrogen and oxygen atoms in total. The minimum absolute atomic E-state index is 0.0562. The monoisotopic (exact) mass is 331 g/mol. The van der Waals surface area contributed by atoms with Crippen LogP contribution in [0.4, 0.5) is 5.82 Å². The molecule has 0 fully saturated rings. The molecule has 2 aromatic rings. The lowest BCUT2D eigenvalue weighted by Gasteiger charge is -2.08. The summed E-state index contributed by atoms with van der Waals surface area (Å²) in [6, 6.07) is 5.13. The van der Waals surface area contributed by atoms with Crippen LogP contribution in [0.3, 0.4) is 0 Å². The van der Waals surface area contributed by atoms with Crippen molar-refractivity contribution in [2.45, 2.75) is 18.4 Å². The van der Waals surface area contributed by atoms with E-state index in [0.29, 0.717) is 12.4 Å². The molecule has 0 aliphatic rings. The van der Waals surface area contributed by atoms with Crippen LogP contribution in [0.1, 0.15) is 11.8 Å². The van der Waals surface area contributed by atoms with Gasteiger partial charge in [-0.2, -0.15) is 0 Å². The van der Waals surface area contributed by atoms with E-state index in [1.165, 1.54) is 23.6 Å². The Hall–Kier alpha value is -1.15. The second-order valence-electron chi connectivity index (χ2n) is 3.94. The van der Waals surface area contributed by atoms with E-state index >= 15 is 0 Å². The molecule has 0 bridgehead atoms. The summed E-state index contributed by atoms with van der Waals surface area (Å²) in [6.07, 6.45) is 1.29. The predicted molar refractivity (Wildman–Crippen MR) is 81.8 cm³/mol. The van der Waals surface area contributed by atoms with Crippen LogP contribution in [0.25, 0.3) is 0 Å². The van der Waals surface area contributed by atoms with E-state index in [0.717, 1.165) is 4.88 Å². The molecule has 2 N–H and O–H groups in total. The van der Waals surface area contributed by atoms with Gasteiger partial charge in [0.1, 0.15) is 10.7 Å². The van der Waals surface area contributed by atoms with Crippen LogP contribution >= 0.6 is 22.9 Å². The fourth-order valence-corrected chi connectivity index (χ4v) is 3.54. The first-order valence-electron chi connectivity index (χ1n) is 5.94. The SMILES string of the molecule is CCNc1ncc(S(=O)(=O)NCc2cccs2)cc1Cl. The molecule has 8 heteroatoms. The fourth-order valence-electron chi connectivity index (χ4n) is 1.53. The van der Waals surface area contributed by atoms with Gasteiger partial charge >= 0.3 is 0 Å². The second kappa shape index (κ2) is 6.53. The highest BCUT2D eigenvalue weighted by molar-refractivity contribution is 7.89. The van der Waals surface area contributed by atoms with Crippen LogP contribution in [-0.2, 0) is 16.6 Å². The Bertz CT molecular complexity index is 672. The van der Waals surface area contributed by atoms with E-state index in [9.17, 15) is 8.42 Å². The van der Waals surface area contributed by atoms with Gasteiger partial charge in [0.2, 0.25) is 10.0 Å². The van der Waals surface area contributed by atoms with Gasteiger partial charge in [-0.3, -0.25) is 0 Å². The highest BCUT2D eigenvalue weighted by atomic mass is 35.5. The molecule has 0 unspecified atom stereocenters. The highest BCUT2D eigenvalue weighted by Gasteiger charge is 2.16. The van der Waals surface area contributed by atoms with Crippen LogP contribution in [0.5, 0.6) is 0 Å². The summed E-state index contributed by atoms with van der Waals surface area (Å²) in [5.74, 6) is 0.478. The zero-order valence-electron chi connectivity index (χ0n) is 10.8. The van der Waals surface area contributed by atoms with Gasteiger partial charge in [-0.15, -0.1) is 11.3 Å². The first-order chi connectivity index (χ1) is 9.53. The zero-order valence-corrected chi connectivity index (χ0v) is 13.1. The lowest BCUT2D eigenvalue weighted by molar-refractivity contribution is 0.581. The van der Waals surface area contributed by atoms with Gasteiger partial charge in [-0.25, -0.2) is 18.1 Å². The first-order valence-corrected chi connectivity index (χ1v) is 8.68. The van der Waals surface area contributed by atoms with Gasteiger partial charge in [0, 0.05) is 24.2 Å². The second-order valence-corrected chi connectivity index (χ2v) is 7.14. The third-order valence-corrected chi connectivity index (χ3v) is 5.02. The van der Waals surface area contributed by atoms with Crippen LogP contribution in [0.15, 0.2) is 34.7 Å². The normalized spacial score (nSPS) is 11.5. The molecule has 0 aliphatic heterocycles. The summed E-state index contributed by atoms with van der Waals surface area (Å²) in [4.78, 5) is 5.02. The van der Waals surface area contributed by atoms with Gasteiger partial charge in [0.15, 0.2) is 0 Å². The molecular formula is C12H14ClN3O2S2. The van der Waals surface area contributed by atoms with E-state index < -0.39 is 10.0 Å². The third kappa shape index (κ3) is 3.69. The molecule has 0 atom stereocenters. The maximum Gasteiger partial charge on any atom is 0.242 e. The van der Waals surface area contributed by atoms with Crippen molar-refractivity contribution in [3.63, 3.8) is 0 Å². The minimum Gasteiger partial charge on any atom is -0.369 e. The average Bonchev–Trinajstić information content (AvgIpc) is 2.92. The van der Waals surface area contributed by atoms with Crippen molar-refractivity contribution in [2.75, 3.05) is 11.9 Å². The molecule has 2 rings (SSSR count). The van der Waals surface area contributed by atoms with Gasteiger partial charge < -0.3 is 5.32 Å². The average molecular weight is 332 g/mol. The molecule has 0 aromatic carbocycles. The largest absolute Gasteiger partial charge is 0.369 e. The molecule has 20 heavy (non-hydrogen) atoms. The number of aromatic nitrogens is 1. The number of nitrogens with zero attached hydrogens (tertiary/aromatic N) is 1. The predicted octanol–water partition coefficient (Wildman–Crippen LogP) is 2.71. The maximum absolute atomic E-state index is 12.1. The van der Waals surface area contributed by atoms with E-state index in [1.54, 1.807) is 0 Å². The number of nitrogens with one attached hydrogen (secondary N) is 2. The summed E-state index contributed by atoms with van der Waals surface area (Å²) in [5.41, 5.74) is 0. The number of halogens is 1.